The van der Waals surface area contributed by atoms with E-state index in [4.69, 9.17) is 4.74 Å². The lowest BCUT2D eigenvalue weighted by Crippen LogP contribution is -2.36. The summed E-state index contributed by atoms with van der Waals surface area (Å²) in [6, 6.07) is 3.88. The summed E-state index contributed by atoms with van der Waals surface area (Å²) in [5.74, 6) is 0.238. The quantitative estimate of drug-likeness (QED) is 0.757. The minimum Gasteiger partial charge on any atom is -0.493 e. The largest absolute Gasteiger partial charge is 0.493 e. The van der Waals surface area contributed by atoms with Crippen LogP contribution in [0.25, 0.3) is 11.0 Å². The number of carboxylic acid groups (broad SMARTS) is 1. The molecule has 25 heavy (non-hydrogen) atoms. The highest BCUT2D eigenvalue weighted by atomic mass is 32.2. The zero-order valence-electron chi connectivity index (χ0n) is 14.6. The van der Waals surface area contributed by atoms with Gasteiger partial charge in [0.25, 0.3) is 0 Å². The van der Waals surface area contributed by atoms with Crippen LogP contribution in [0.5, 0.6) is 5.75 Å². The Bertz CT molecular complexity index is 856. The van der Waals surface area contributed by atoms with E-state index in [0.29, 0.717) is 6.61 Å². The van der Waals surface area contributed by atoms with Crippen LogP contribution >= 0.6 is 11.8 Å². The molecule has 1 heterocycles. The van der Waals surface area contributed by atoms with Gasteiger partial charge in [0.1, 0.15) is 5.75 Å². The van der Waals surface area contributed by atoms with E-state index >= 15 is 0 Å². The van der Waals surface area contributed by atoms with Crippen LogP contribution in [-0.4, -0.2) is 33.4 Å². The van der Waals surface area contributed by atoms with Gasteiger partial charge in [0.15, 0.2) is 5.16 Å². The summed E-state index contributed by atoms with van der Waals surface area (Å²) >= 11 is 1.67. The molecule has 2 N–H and O–H groups in total. The number of rotatable bonds is 6. The third-order valence-corrected chi connectivity index (χ3v) is 5.18. The van der Waals surface area contributed by atoms with Gasteiger partial charge >= 0.3 is 5.97 Å². The molecule has 0 spiro atoms. The molecule has 0 aliphatic heterocycles. The van der Waals surface area contributed by atoms with Gasteiger partial charge in [0.05, 0.1) is 23.6 Å². The average Bonchev–Trinajstić information content (AvgIpc) is 2.97. The fraction of sp³-hybridized carbons (Fsp3) is 0.368. The van der Waals surface area contributed by atoms with Crippen LogP contribution in [0.2, 0.25) is 0 Å². The number of H-pyrrole nitrogens is 1. The normalized spacial score (nSPS) is 22.4. The van der Waals surface area contributed by atoms with E-state index in [-0.39, 0.29) is 0 Å². The molecule has 6 heteroatoms. The highest BCUT2D eigenvalue weighted by Crippen LogP contribution is 2.35. The van der Waals surface area contributed by atoms with Crippen LogP contribution in [-0.2, 0) is 4.79 Å². The number of nitrogens with zero attached hydrogens (tertiary/aromatic N) is 1. The number of benzene rings is 1. The van der Waals surface area contributed by atoms with E-state index in [9.17, 15) is 9.90 Å². The molecule has 2 aromatic rings. The van der Waals surface area contributed by atoms with Crippen molar-refractivity contribution in [2.75, 3.05) is 12.4 Å². The predicted molar refractivity (Wildman–Crippen MR) is 100 cm³/mol. The number of carbonyl (C=O) groups is 1. The van der Waals surface area contributed by atoms with Gasteiger partial charge in [-0.1, -0.05) is 49.9 Å². The van der Waals surface area contributed by atoms with Crippen molar-refractivity contribution in [3.8, 4) is 5.75 Å². The monoisotopic (exact) mass is 358 g/mol. The van der Waals surface area contributed by atoms with Gasteiger partial charge in [-0.15, -0.1) is 0 Å². The maximum absolute atomic E-state index is 11.5. The summed E-state index contributed by atoms with van der Waals surface area (Å²) in [7, 11) is 0. The molecule has 1 aromatic carbocycles. The van der Waals surface area contributed by atoms with Gasteiger partial charge in [-0.3, -0.25) is 4.79 Å². The van der Waals surface area contributed by atoms with Gasteiger partial charge in [0.2, 0.25) is 0 Å². The zero-order chi connectivity index (χ0) is 18.0. The number of imidazole rings is 1. The second kappa shape index (κ2) is 6.96. The van der Waals surface area contributed by atoms with Crippen molar-refractivity contribution in [1.82, 2.24) is 9.97 Å². The number of carboxylic acids is 1. The number of aromatic amines is 1. The van der Waals surface area contributed by atoms with Crippen LogP contribution in [0.3, 0.4) is 0 Å². The van der Waals surface area contributed by atoms with E-state index in [1.165, 1.54) is 0 Å². The SMILES string of the molecule is CCSc1nc2c(C)cc(OCC3(C)C=CC=CC3C(=O)O)cc2[nH]1. The molecule has 0 saturated carbocycles. The number of aliphatic carboxylic acids is 1. The first-order valence-electron chi connectivity index (χ1n) is 8.28. The maximum atomic E-state index is 11.5. The Kier molecular flexibility index (Phi) is 4.90. The predicted octanol–water partition coefficient (Wildman–Crippen LogP) is 4.20. The van der Waals surface area contributed by atoms with Gasteiger partial charge < -0.3 is 14.8 Å². The van der Waals surface area contributed by atoms with Crippen molar-refractivity contribution in [2.45, 2.75) is 25.9 Å². The summed E-state index contributed by atoms with van der Waals surface area (Å²) in [6.45, 7) is 6.29. The molecular formula is C19H22N2O3S. The summed E-state index contributed by atoms with van der Waals surface area (Å²) in [4.78, 5) is 19.4. The van der Waals surface area contributed by atoms with E-state index in [1.807, 2.05) is 38.1 Å². The van der Waals surface area contributed by atoms with Crippen LogP contribution in [0.4, 0.5) is 0 Å². The standard InChI is InChI=1S/C19H22N2O3S/c1-4-25-18-20-15-10-13(9-12(2)16(15)21-18)24-11-19(3)8-6-5-7-14(19)17(22)23/h5-10,14H,4,11H2,1-3H3,(H,20,21)(H,22,23). The first-order chi connectivity index (χ1) is 11.9. The Morgan fingerprint density at radius 2 is 2.24 bits per heavy atom. The Labute approximate surface area is 151 Å². The van der Waals surface area contributed by atoms with Crippen molar-refractivity contribution < 1.29 is 14.6 Å². The molecule has 2 unspecified atom stereocenters. The third kappa shape index (κ3) is 3.58. The Morgan fingerprint density at radius 3 is 2.96 bits per heavy atom. The number of thioether (sulfide) groups is 1. The molecule has 3 rings (SSSR count). The molecule has 0 radical (unpaired) electrons. The van der Waals surface area contributed by atoms with E-state index in [2.05, 4.69) is 16.9 Å². The number of aromatic nitrogens is 2. The molecule has 0 fully saturated rings. The fourth-order valence-electron chi connectivity index (χ4n) is 3.04. The molecule has 1 aromatic heterocycles. The van der Waals surface area contributed by atoms with Crippen molar-refractivity contribution >= 4 is 28.8 Å². The Balaban J connectivity index is 1.82. The minimum atomic E-state index is -0.840. The number of allylic oxidation sites excluding steroid dienone is 2. The fourth-order valence-corrected chi connectivity index (χ4v) is 3.65. The lowest BCUT2D eigenvalue weighted by Gasteiger charge is -2.32. The Morgan fingerprint density at radius 1 is 1.44 bits per heavy atom. The van der Waals surface area contributed by atoms with Crippen LogP contribution in [0, 0.1) is 18.3 Å². The van der Waals surface area contributed by atoms with Gasteiger partial charge in [0, 0.05) is 11.5 Å². The van der Waals surface area contributed by atoms with E-state index < -0.39 is 17.3 Å². The van der Waals surface area contributed by atoms with Crippen LogP contribution in [0.15, 0.2) is 41.6 Å². The van der Waals surface area contributed by atoms with Crippen molar-refractivity contribution in [3.05, 3.63) is 42.0 Å². The molecule has 0 bridgehead atoms. The molecular weight excluding hydrogens is 336 g/mol. The zero-order valence-corrected chi connectivity index (χ0v) is 15.4. The number of aryl methyl sites for hydroxylation is 1. The number of fused-ring (bicyclic) bond motifs is 1. The second-order valence-corrected chi connectivity index (χ2v) is 7.72. The van der Waals surface area contributed by atoms with E-state index in [1.54, 1.807) is 23.9 Å². The second-order valence-electron chi connectivity index (χ2n) is 6.47. The van der Waals surface area contributed by atoms with Crippen molar-refractivity contribution in [3.63, 3.8) is 0 Å². The van der Waals surface area contributed by atoms with Crippen LogP contribution in [0.1, 0.15) is 19.4 Å². The summed E-state index contributed by atoms with van der Waals surface area (Å²) in [5, 5.41) is 10.4. The number of hydrogen-bond donors (Lipinski definition) is 2. The molecule has 0 saturated heterocycles. The topological polar surface area (TPSA) is 75.2 Å². The average molecular weight is 358 g/mol. The summed E-state index contributed by atoms with van der Waals surface area (Å²) in [5.41, 5.74) is 2.33. The molecule has 1 aliphatic carbocycles. The van der Waals surface area contributed by atoms with Gasteiger partial charge in [-0.25, -0.2) is 4.98 Å². The first kappa shape index (κ1) is 17.6. The van der Waals surface area contributed by atoms with Crippen molar-refractivity contribution in [1.29, 1.82) is 0 Å². The lowest BCUT2D eigenvalue weighted by molar-refractivity contribution is -0.143. The molecule has 0 amide bonds. The van der Waals surface area contributed by atoms with E-state index in [0.717, 1.165) is 33.3 Å². The lowest BCUT2D eigenvalue weighted by atomic mass is 9.75. The molecule has 5 nitrogen and oxygen atoms in total. The molecule has 132 valence electrons. The van der Waals surface area contributed by atoms with Crippen molar-refractivity contribution in [2.24, 2.45) is 11.3 Å². The molecule has 2 atom stereocenters. The number of nitrogens with one attached hydrogen (secondary N) is 1. The first-order valence-corrected chi connectivity index (χ1v) is 9.26. The third-order valence-electron chi connectivity index (χ3n) is 4.43. The summed E-state index contributed by atoms with van der Waals surface area (Å²) in [6.07, 6.45) is 7.27. The Hall–Kier alpha value is -2.21. The highest BCUT2D eigenvalue weighted by molar-refractivity contribution is 7.99. The maximum Gasteiger partial charge on any atom is 0.311 e. The smallest absolute Gasteiger partial charge is 0.311 e. The number of hydrogen-bond acceptors (Lipinski definition) is 4. The number of ether oxygens (including phenoxy) is 1. The van der Waals surface area contributed by atoms with Gasteiger partial charge in [-0.2, -0.15) is 0 Å². The minimum absolute atomic E-state index is 0.292. The molecule has 1 aliphatic rings. The van der Waals surface area contributed by atoms with Crippen LogP contribution < -0.4 is 4.74 Å². The van der Waals surface area contributed by atoms with Gasteiger partial charge in [-0.05, 0) is 24.3 Å². The highest BCUT2D eigenvalue weighted by Gasteiger charge is 2.37. The summed E-state index contributed by atoms with van der Waals surface area (Å²) < 4.78 is 5.98.